The van der Waals surface area contributed by atoms with Gasteiger partial charge in [0.05, 0.1) is 17.8 Å². The molecule has 0 saturated carbocycles. The quantitative estimate of drug-likeness (QED) is 0.876. The number of halogens is 1. The number of hydrogen-bond donors (Lipinski definition) is 2. The van der Waals surface area contributed by atoms with Crippen LogP contribution in [0.25, 0.3) is 0 Å². The Morgan fingerprint density at radius 2 is 2.38 bits per heavy atom. The fourth-order valence-electron chi connectivity index (χ4n) is 2.67. The Morgan fingerprint density at radius 3 is 3.10 bits per heavy atom. The van der Waals surface area contributed by atoms with Crippen LogP contribution in [-0.4, -0.2) is 38.5 Å². The zero-order valence-corrected chi connectivity index (χ0v) is 11.3. The Morgan fingerprint density at radius 1 is 1.52 bits per heavy atom. The van der Waals surface area contributed by atoms with E-state index in [0.717, 1.165) is 5.56 Å². The minimum Gasteiger partial charge on any atom is -0.382 e. The third-order valence-corrected chi connectivity index (χ3v) is 3.80. The van der Waals surface area contributed by atoms with Crippen LogP contribution in [0.1, 0.15) is 23.2 Å². The van der Waals surface area contributed by atoms with Gasteiger partial charge in [0.15, 0.2) is 0 Å². The number of likely N-dealkylation sites (tertiary alicyclic amines) is 1. The molecule has 108 valence electrons. The number of β-amino-alcohol motifs (C(OH)–C–C–N with tert-alkyl or cyclic N) is 1. The van der Waals surface area contributed by atoms with Gasteiger partial charge in [-0.25, -0.2) is 4.39 Å². The van der Waals surface area contributed by atoms with Gasteiger partial charge in [-0.1, -0.05) is 6.07 Å². The van der Waals surface area contributed by atoms with Gasteiger partial charge in [0.2, 0.25) is 0 Å². The molecule has 0 amide bonds. The molecule has 21 heavy (non-hydrogen) atoms. The third kappa shape index (κ3) is 2.63. The molecule has 2 aromatic rings. The fourth-order valence-corrected chi connectivity index (χ4v) is 2.67. The smallest absolute Gasteiger partial charge is 0.124 e. The van der Waals surface area contributed by atoms with E-state index in [2.05, 4.69) is 15.4 Å². The molecule has 3 rings (SSSR count). The van der Waals surface area contributed by atoms with Crippen LogP contribution < -0.4 is 0 Å². The van der Waals surface area contributed by atoms with E-state index in [1.165, 1.54) is 18.3 Å². The number of aromatic nitrogens is 3. The SMILES string of the molecule is N#Cc1cc(F)ccc1CN1CCC(O)(c2cn[nH]n2)C1. The summed E-state index contributed by atoms with van der Waals surface area (Å²) in [6, 6.07) is 6.19. The first-order chi connectivity index (χ1) is 10.1. The van der Waals surface area contributed by atoms with Crippen molar-refractivity contribution in [1.29, 1.82) is 5.26 Å². The highest BCUT2D eigenvalue weighted by Crippen LogP contribution is 2.31. The van der Waals surface area contributed by atoms with E-state index in [0.29, 0.717) is 37.3 Å². The maximum atomic E-state index is 13.1. The van der Waals surface area contributed by atoms with Crippen molar-refractivity contribution in [2.45, 2.75) is 18.6 Å². The number of H-pyrrole nitrogens is 1. The van der Waals surface area contributed by atoms with Crippen molar-refractivity contribution in [2.75, 3.05) is 13.1 Å². The number of rotatable bonds is 3. The predicted octanol–water partition coefficient (Wildman–Crippen LogP) is 0.909. The molecule has 1 aromatic carbocycles. The number of aromatic amines is 1. The number of aliphatic hydroxyl groups is 1. The summed E-state index contributed by atoms with van der Waals surface area (Å²) >= 11 is 0. The lowest BCUT2D eigenvalue weighted by molar-refractivity contribution is 0.0408. The van der Waals surface area contributed by atoms with Crippen LogP contribution >= 0.6 is 0 Å². The average molecular weight is 287 g/mol. The zero-order chi connectivity index (χ0) is 14.9. The lowest BCUT2D eigenvalue weighted by Gasteiger charge is -2.21. The average Bonchev–Trinajstić information content (AvgIpc) is 3.11. The van der Waals surface area contributed by atoms with Crippen LogP contribution in [0.2, 0.25) is 0 Å². The van der Waals surface area contributed by atoms with E-state index >= 15 is 0 Å². The van der Waals surface area contributed by atoms with E-state index < -0.39 is 11.4 Å². The number of nitriles is 1. The van der Waals surface area contributed by atoms with Gasteiger partial charge in [-0.15, -0.1) is 0 Å². The molecule has 1 aliphatic rings. The van der Waals surface area contributed by atoms with Gasteiger partial charge in [0.1, 0.15) is 17.1 Å². The van der Waals surface area contributed by atoms with Crippen LogP contribution in [0.3, 0.4) is 0 Å². The second-order valence-corrected chi connectivity index (χ2v) is 5.26. The van der Waals surface area contributed by atoms with E-state index in [1.54, 1.807) is 6.07 Å². The molecule has 1 unspecified atom stereocenters. The first-order valence-electron chi connectivity index (χ1n) is 6.60. The van der Waals surface area contributed by atoms with Crippen molar-refractivity contribution >= 4 is 0 Å². The minimum absolute atomic E-state index is 0.326. The van der Waals surface area contributed by atoms with Gasteiger partial charge < -0.3 is 5.11 Å². The zero-order valence-electron chi connectivity index (χ0n) is 11.3. The Kier molecular flexibility index (Phi) is 3.41. The van der Waals surface area contributed by atoms with Gasteiger partial charge >= 0.3 is 0 Å². The lowest BCUT2D eigenvalue weighted by Crippen LogP contribution is -2.31. The van der Waals surface area contributed by atoms with Gasteiger partial charge in [-0.2, -0.15) is 20.7 Å². The Labute approximate surface area is 120 Å². The highest BCUT2D eigenvalue weighted by molar-refractivity contribution is 5.38. The Balaban J connectivity index is 1.75. The van der Waals surface area contributed by atoms with E-state index in [4.69, 9.17) is 5.26 Å². The standard InChI is InChI=1S/C14H14FN5O/c15-12-2-1-10(11(5-12)6-16)8-20-4-3-14(21,9-20)13-7-17-19-18-13/h1-2,5,7,21H,3-4,8-9H2,(H,17,18,19). The molecule has 0 bridgehead atoms. The second kappa shape index (κ2) is 5.24. The Bertz CT molecular complexity index is 681. The van der Waals surface area contributed by atoms with Crippen molar-refractivity contribution in [3.05, 3.63) is 47.0 Å². The summed E-state index contributed by atoms with van der Waals surface area (Å²) in [4.78, 5) is 2.02. The van der Waals surface area contributed by atoms with Crippen molar-refractivity contribution in [3.63, 3.8) is 0 Å². The fraction of sp³-hybridized carbons (Fsp3) is 0.357. The summed E-state index contributed by atoms with van der Waals surface area (Å²) in [5, 5.41) is 29.8. The molecule has 6 nitrogen and oxygen atoms in total. The normalized spacial score (nSPS) is 22.3. The summed E-state index contributed by atoms with van der Waals surface area (Å²) in [6.07, 6.45) is 2.06. The number of hydrogen-bond acceptors (Lipinski definition) is 5. The van der Waals surface area contributed by atoms with Crippen molar-refractivity contribution in [2.24, 2.45) is 0 Å². The summed E-state index contributed by atoms with van der Waals surface area (Å²) in [7, 11) is 0. The summed E-state index contributed by atoms with van der Waals surface area (Å²) in [5.74, 6) is -0.421. The van der Waals surface area contributed by atoms with E-state index in [9.17, 15) is 9.50 Å². The second-order valence-electron chi connectivity index (χ2n) is 5.26. The number of nitrogens with zero attached hydrogens (tertiary/aromatic N) is 4. The minimum atomic E-state index is -1.03. The summed E-state index contributed by atoms with van der Waals surface area (Å²) in [6.45, 7) is 1.57. The van der Waals surface area contributed by atoms with Crippen LogP contribution in [0.15, 0.2) is 24.4 Å². The molecule has 2 N–H and O–H groups in total. The summed E-state index contributed by atoms with van der Waals surface area (Å²) < 4.78 is 13.1. The van der Waals surface area contributed by atoms with Gasteiger partial charge in [-0.3, -0.25) is 4.90 Å². The van der Waals surface area contributed by atoms with Crippen LogP contribution in [0.5, 0.6) is 0 Å². The lowest BCUT2D eigenvalue weighted by atomic mass is 10.00. The van der Waals surface area contributed by atoms with Gasteiger partial charge in [0, 0.05) is 19.6 Å². The first-order valence-corrected chi connectivity index (χ1v) is 6.60. The highest BCUT2D eigenvalue weighted by Gasteiger charge is 2.39. The van der Waals surface area contributed by atoms with Crippen LogP contribution in [-0.2, 0) is 12.1 Å². The van der Waals surface area contributed by atoms with Crippen molar-refractivity contribution in [3.8, 4) is 6.07 Å². The molecule has 0 spiro atoms. The Hall–Kier alpha value is -2.30. The highest BCUT2D eigenvalue weighted by atomic mass is 19.1. The van der Waals surface area contributed by atoms with Crippen LogP contribution in [0.4, 0.5) is 4.39 Å². The van der Waals surface area contributed by atoms with Crippen molar-refractivity contribution < 1.29 is 9.50 Å². The van der Waals surface area contributed by atoms with Crippen molar-refractivity contribution in [1.82, 2.24) is 20.3 Å². The molecule has 0 radical (unpaired) electrons. The molecular formula is C14H14FN5O. The number of benzene rings is 1. The monoisotopic (exact) mass is 287 g/mol. The molecule has 0 aliphatic carbocycles. The predicted molar refractivity (Wildman–Crippen MR) is 71.3 cm³/mol. The van der Waals surface area contributed by atoms with Gasteiger partial charge in [-0.05, 0) is 24.1 Å². The van der Waals surface area contributed by atoms with E-state index in [-0.39, 0.29) is 0 Å². The topological polar surface area (TPSA) is 88.8 Å². The maximum Gasteiger partial charge on any atom is 0.124 e. The van der Waals surface area contributed by atoms with E-state index in [1.807, 2.05) is 11.0 Å². The molecule has 1 aromatic heterocycles. The molecular weight excluding hydrogens is 273 g/mol. The molecule has 1 atom stereocenters. The summed E-state index contributed by atoms with van der Waals surface area (Å²) in [5.41, 5.74) is 0.569. The number of nitrogens with one attached hydrogen (secondary N) is 1. The maximum absolute atomic E-state index is 13.1. The largest absolute Gasteiger partial charge is 0.382 e. The molecule has 2 heterocycles. The van der Waals surface area contributed by atoms with Gasteiger partial charge in [0.25, 0.3) is 0 Å². The third-order valence-electron chi connectivity index (χ3n) is 3.80. The molecule has 7 heteroatoms. The van der Waals surface area contributed by atoms with Crippen LogP contribution in [0, 0.1) is 17.1 Å². The molecule has 1 aliphatic heterocycles. The molecule has 1 saturated heterocycles. The molecule has 1 fully saturated rings. The first kappa shape index (κ1) is 13.7.